The lowest BCUT2D eigenvalue weighted by atomic mass is 10.1. The maximum absolute atomic E-state index is 13.7. The normalized spacial score (nSPS) is 17.0. The molecule has 0 aliphatic carbocycles. The van der Waals surface area contributed by atoms with Crippen LogP contribution < -0.4 is 9.80 Å². The van der Waals surface area contributed by atoms with Crippen LogP contribution in [0.4, 0.5) is 11.4 Å². The Morgan fingerprint density at radius 2 is 1.56 bits per heavy atom. The minimum atomic E-state index is -3.64. The summed E-state index contributed by atoms with van der Waals surface area (Å²) in [6.07, 6.45) is 2.17. The smallest absolute Gasteiger partial charge is 0.256 e. The predicted molar refractivity (Wildman–Crippen MR) is 137 cm³/mol. The molecule has 2 fully saturated rings. The lowest BCUT2D eigenvalue weighted by Gasteiger charge is -2.37. The van der Waals surface area contributed by atoms with Crippen molar-refractivity contribution in [1.29, 1.82) is 0 Å². The molecule has 0 bridgehead atoms. The zero-order valence-corrected chi connectivity index (χ0v) is 21.4. The van der Waals surface area contributed by atoms with E-state index in [1.165, 1.54) is 15.6 Å². The van der Waals surface area contributed by atoms with E-state index >= 15 is 0 Å². The van der Waals surface area contributed by atoms with Gasteiger partial charge in [0.15, 0.2) is 0 Å². The standard InChI is InChI=1S/C26H36N4O3S/c1-4-30(5-2)34(32,33)23-11-12-25(28-13-6-7-14-28)24(20-23)26(31)29-17-15-27(16-18-29)22-10-8-9-21(3)19-22/h8-12,19-20H,4-7,13-18H2,1-3H3. The number of aryl methyl sites for hydroxylation is 1. The average Bonchev–Trinajstić information content (AvgIpc) is 3.39. The van der Waals surface area contributed by atoms with Gasteiger partial charge in [0.2, 0.25) is 10.0 Å². The number of amides is 1. The molecule has 1 amide bonds. The number of hydrogen-bond acceptors (Lipinski definition) is 5. The van der Waals surface area contributed by atoms with Gasteiger partial charge in [0.05, 0.1) is 10.5 Å². The van der Waals surface area contributed by atoms with Crippen molar-refractivity contribution in [2.45, 2.75) is 38.5 Å². The second-order valence-corrected chi connectivity index (χ2v) is 11.0. The molecule has 0 unspecified atom stereocenters. The predicted octanol–water partition coefficient (Wildman–Crippen LogP) is 3.59. The molecule has 2 aliphatic heterocycles. The first-order valence-corrected chi connectivity index (χ1v) is 13.8. The Bertz CT molecular complexity index is 1120. The molecule has 184 valence electrons. The first kappa shape index (κ1) is 24.5. The highest BCUT2D eigenvalue weighted by Crippen LogP contribution is 2.30. The highest BCUT2D eigenvalue weighted by molar-refractivity contribution is 7.89. The number of rotatable bonds is 7. The van der Waals surface area contributed by atoms with Crippen molar-refractivity contribution in [2.24, 2.45) is 0 Å². The van der Waals surface area contributed by atoms with Crippen LogP contribution in [-0.2, 0) is 10.0 Å². The van der Waals surface area contributed by atoms with Crippen molar-refractivity contribution in [2.75, 3.05) is 62.2 Å². The fourth-order valence-corrected chi connectivity index (χ4v) is 6.44. The van der Waals surface area contributed by atoms with Crippen molar-refractivity contribution < 1.29 is 13.2 Å². The van der Waals surface area contributed by atoms with Gasteiger partial charge in [-0.15, -0.1) is 0 Å². The first-order valence-electron chi connectivity index (χ1n) is 12.3. The molecule has 0 atom stereocenters. The van der Waals surface area contributed by atoms with Crippen LogP contribution in [0.5, 0.6) is 0 Å². The van der Waals surface area contributed by atoms with Crippen LogP contribution in [0.3, 0.4) is 0 Å². The zero-order chi connectivity index (χ0) is 24.3. The Labute approximate surface area is 204 Å². The van der Waals surface area contributed by atoms with Crippen LogP contribution in [0.25, 0.3) is 0 Å². The minimum absolute atomic E-state index is 0.0811. The van der Waals surface area contributed by atoms with Crippen LogP contribution >= 0.6 is 0 Å². The number of piperazine rings is 1. The van der Waals surface area contributed by atoms with E-state index in [9.17, 15) is 13.2 Å². The molecule has 8 heteroatoms. The Balaban J connectivity index is 1.60. The van der Waals surface area contributed by atoms with E-state index in [-0.39, 0.29) is 10.8 Å². The van der Waals surface area contributed by atoms with Crippen LogP contribution in [0.15, 0.2) is 47.4 Å². The largest absolute Gasteiger partial charge is 0.371 e. The lowest BCUT2D eigenvalue weighted by molar-refractivity contribution is 0.0747. The topological polar surface area (TPSA) is 64.2 Å². The van der Waals surface area contributed by atoms with Crippen molar-refractivity contribution in [3.63, 3.8) is 0 Å². The molecule has 2 heterocycles. The summed E-state index contributed by atoms with van der Waals surface area (Å²) in [5.74, 6) is -0.0811. The van der Waals surface area contributed by atoms with Gasteiger partial charge in [-0.3, -0.25) is 4.79 Å². The van der Waals surface area contributed by atoms with E-state index in [0.717, 1.165) is 44.7 Å². The van der Waals surface area contributed by atoms with Gasteiger partial charge in [-0.05, 0) is 55.7 Å². The molecule has 2 aliphatic rings. The Hall–Kier alpha value is -2.58. The van der Waals surface area contributed by atoms with Gasteiger partial charge >= 0.3 is 0 Å². The molecule has 2 aromatic carbocycles. The van der Waals surface area contributed by atoms with E-state index in [2.05, 4.69) is 41.0 Å². The van der Waals surface area contributed by atoms with E-state index in [1.807, 2.05) is 24.8 Å². The van der Waals surface area contributed by atoms with Crippen LogP contribution in [0.1, 0.15) is 42.6 Å². The fourth-order valence-electron chi connectivity index (χ4n) is 4.96. The van der Waals surface area contributed by atoms with E-state index in [4.69, 9.17) is 0 Å². The molecule has 0 N–H and O–H groups in total. The molecule has 34 heavy (non-hydrogen) atoms. The molecule has 7 nitrogen and oxygen atoms in total. The summed E-state index contributed by atoms with van der Waals surface area (Å²) in [5.41, 5.74) is 3.75. The number of carbonyl (C=O) groups is 1. The number of hydrogen-bond donors (Lipinski definition) is 0. The summed E-state index contributed by atoms with van der Waals surface area (Å²) < 4.78 is 27.8. The summed E-state index contributed by atoms with van der Waals surface area (Å²) in [6, 6.07) is 13.5. The number of sulfonamides is 1. The second-order valence-electron chi connectivity index (χ2n) is 9.08. The van der Waals surface area contributed by atoms with Gasteiger partial charge in [0, 0.05) is 63.7 Å². The van der Waals surface area contributed by atoms with Crippen molar-refractivity contribution in [3.05, 3.63) is 53.6 Å². The Morgan fingerprint density at radius 1 is 0.882 bits per heavy atom. The third-order valence-corrected chi connectivity index (χ3v) is 8.97. The number of anilines is 2. The monoisotopic (exact) mass is 484 g/mol. The molecule has 0 spiro atoms. The zero-order valence-electron chi connectivity index (χ0n) is 20.5. The van der Waals surface area contributed by atoms with E-state index in [1.54, 1.807) is 12.1 Å². The maximum atomic E-state index is 13.7. The fraction of sp³-hybridized carbons (Fsp3) is 0.500. The van der Waals surface area contributed by atoms with E-state index in [0.29, 0.717) is 31.7 Å². The summed E-state index contributed by atoms with van der Waals surface area (Å²) in [6.45, 7) is 11.1. The Kier molecular flexibility index (Phi) is 7.48. The number of nitrogens with zero attached hydrogens (tertiary/aromatic N) is 4. The molecular weight excluding hydrogens is 448 g/mol. The van der Waals surface area contributed by atoms with Gasteiger partial charge in [0.1, 0.15) is 0 Å². The SMILES string of the molecule is CCN(CC)S(=O)(=O)c1ccc(N2CCCC2)c(C(=O)N2CCN(c3cccc(C)c3)CC2)c1. The third-order valence-electron chi connectivity index (χ3n) is 6.92. The van der Waals surface area contributed by atoms with Gasteiger partial charge in [-0.2, -0.15) is 4.31 Å². The summed E-state index contributed by atoms with van der Waals surface area (Å²) >= 11 is 0. The summed E-state index contributed by atoms with van der Waals surface area (Å²) in [7, 11) is -3.64. The van der Waals surface area contributed by atoms with Crippen LogP contribution in [-0.4, -0.2) is 75.9 Å². The van der Waals surface area contributed by atoms with Gasteiger partial charge in [0.25, 0.3) is 5.91 Å². The first-order chi connectivity index (χ1) is 16.3. The number of benzene rings is 2. The van der Waals surface area contributed by atoms with E-state index < -0.39 is 10.0 Å². The second kappa shape index (κ2) is 10.4. The molecule has 0 radical (unpaired) electrons. The third kappa shape index (κ3) is 4.93. The minimum Gasteiger partial charge on any atom is -0.371 e. The molecular formula is C26H36N4O3S. The van der Waals surface area contributed by atoms with Gasteiger partial charge < -0.3 is 14.7 Å². The molecule has 0 saturated carbocycles. The molecule has 0 aromatic heterocycles. The Morgan fingerprint density at radius 3 is 2.18 bits per heavy atom. The van der Waals surface area contributed by atoms with Gasteiger partial charge in [-0.25, -0.2) is 8.42 Å². The average molecular weight is 485 g/mol. The molecule has 4 rings (SSSR count). The van der Waals surface area contributed by atoms with Crippen molar-refractivity contribution in [3.8, 4) is 0 Å². The molecule has 2 aromatic rings. The lowest BCUT2D eigenvalue weighted by Crippen LogP contribution is -2.49. The quantitative estimate of drug-likeness (QED) is 0.601. The summed E-state index contributed by atoms with van der Waals surface area (Å²) in [4.78, 5) is 20.3. The summed E-state index contributed by atoms with van der Waals surface area (Å²) in [5, 5.41) is 0. The van der Waals surface area contributed by atoms with Crippen molar-refractivity contribution in [1.82, 2.24) is 9.21 Å². The number of carbonyl (C=O) groups excluding carboxylic acids is 1. The molecule has 2 saturated heterocycles. The van der Waals surface area contributed by atoms with Crippen LogP contribution in [0, 0.1) is 6.92 Å². The van der Waals surface area contributed by atoms with Gasteiger partial charge in [-0.1, -0.05) is 26.0 Å². The highest BCUT2D eigenvalue weighted by Gasteiger charge is 2.29. The van der Waals surface area contributed by atoms with Crippen LogP contribution in [0.2, 0.25) is 0 Å². The van der Waals surface area contributed by atoms with Crippen molar-refractivity contribution >= 4 is 27.3 Å². The maximum Gasteiger partial charge on any atom is 0.256 e. The highest BCUT2D eigenvalue weighted by atomic mass is 32.2.